The molecule has 2 rings (SSSR count). The number of pyridine rings is 1. The van der Waals surface area contributed by atoms with Crippen LogP contribution < -0.4 is 4.74 Å². The summed E-state index contributed by atoms with van der Waals surface area (Å²) in [4.78, 5) is 4.15. The van der Waals surface area contributed by atoms with Gasteiger partial charge in [0.2, 0.25) is 0 Å². The van der Waals surface area contributed by atoms with E-state index in [1.807, 2.05) is 6.07 Å². The van der Waals surface area contributed by atoms with E-state index in [1.165, 1.54) is 7.11 Å². The minimum absolute atomic E-state index is 0.444. The van der Waals surface area contributed by atoms with Crippen molar-refractivity contribution in [1.29, 1.82) is 0 Å². The Hall–Kier alpha value is -1.10. The van der Waals surface area contributed by atoms with Crippen LogP contribution in [0.25, 0.3) is 0 Å². The Kier molecular flexibility index (Phi) is 4.22. The molecule has 0 bridgehead atoms. The number of aromatic nitrogens is 1. The third kappa shape index (κ3) is 2.66. The maximum absolute atomic E-state index is 10.4. The fourth-order valence-corrected chi connectivity index (χ4v) is 2.25. The van der Waals surface area contributed by atoms with Gasteiger partial charge < -0.3 is 9.84 Å². The van der Waals surface area contributed by atoms with Gasteiger partial charge in [0.25, 0.3) is 0 Å². The van der Waals surface area contributed by atoms with Crippen LogP contribution in [0, 0.1) is 0 Å². The van der Waals surface area contributed by atoms with E-state index in [0.717, 1.165) is 4.47 Å². The van der Waals surface area contributed by atoms with E-state index in [-0.39, 0.29) is 0 Å². The van der Waals surface area contributed by atoms with Crippen LogP contribution in [-0.4, -0.2) is 17.2 Å². The van der Waals surface area contributed by atoms with Gasteiger partial charge in [-0.05, 0) is 30.3 Å². The molecule has 1 unspecified atom stereocenters. The van der Waals surface area contributed by atoms with Crippen molar-refractivity contribution in [3.8, 4) is 5.75 Å². The van der Waals surface area contributed by atoms with Crippen molar-refractivity contribution in [2.75, 3.05) is 7.11 Å². The normalized spacial score (nSPS) is 12.2. The summed E-state index contributed by atoms with van der Waals surface area (Å²) in [5, 5.41) is 10.8. The van der Waals surface area contributed by atoms with Crippen LogP contribution in [0.3, 0.4) is 0 Å². The molecule has 3 nitrogen and oxygen atoms in total. The summed E-state index contributed by atoms with van der Waals surface area (Å²) in [5.74, 6) is 0.529. The Morgan fingerprint density at radius 1 is 1.39 bits per heavy atom. The Morgan fingerprint density at radius 2 is 2.17 bits per heavy atom. The Balaban J connectivity index is 2.47. The van der Waals surface area contributed by atoms with Gasteiger partial charge in [0.05, 0.1) is 7.11 Å². The highest BCUT2D eigenvalue weighted by atomic mass is 79.9. The molecule has 1 heterocycles. The van der Waals surface area contributed by atoms with Crippen molar-refractivity contribution in [3.05, 3.63) is 57.3 Å². The number of benzene rings is 1. The minimum Gasteiger partial charge on any atom is -0.495 e. The zero-order valence-corrected chi connectivity index (χ0v) is 11.9. The first kappa shape index (κ1) is 13.3. The molecule has 0 aliphatic carbocycles. The quantitative estimate of drug-likeness (QED) is 0.936. The molecule has 0 fully saturated rings. The molecule has 0 spiro atoms. The number of methoxy groups -OCH3 is 1. The van der Waals surface area contributed by atoms with Crippen molar-refractivity contribution in [1.82, 2.24) is 4.98 Å². The van der Waals surface area contributed by atoms with Crippen LogP contribution in [0.5, 0.6) is 5.75 Å². The van der Waals surface area contributed by atoms with Gasteiger partial charge in [0.1, 0.15) is 17.5 Å². The molecule has 0 aliphatic rings. The van der Waals surface area contributed by atoms with Crippen molar-refractivity contribution in [3.63, 3.8) is 0 Å². The van der Waals surface area contributed by atoms with Crippen LogP contribution in [0.4, 0.5) is 0 Å². The molecule has 1 aromatic carbocycles. The lowest BCUT2D eigenvalue weighted by molar-refractivity contribution is 0.209. The molecule has 0 radical (unpaired) electrons. The fourth-order valence-electron chi connectivity index (χ4n) is 1.65. The third-order valence-corrected chi connectivity index (χ3v) is 3.37. The van der Waals surface area contributed by atoms with Crippen molar-refractivity contribution < 1.29 is 9.84 Å². The Morgan fingerprint density at radius 3 is 2.89 bits per heavy atom. The fraction of sp³-hybridized carbons (Fsp3) is 0.154. The molecular formula is C13H11BrClNO2. The molecule has 94 valence electrons. The number of nitrogens with zero attached hydrogens (tertiary/aromatic N) is 1. The number of aliphatic hydroxyl groups excluding tert-OH is 1. The smallest absolute Gasteiger partial charge is 0.143 e. The Bertz CT molecular complexity index is 562. The third-order valence-electron chi connectivity index (χ3n) is 2.53. The standard InChI is InChI=1S/C13H11BrClNO2/c1-18-11-3-2-6-16-12(11)13(17)9-7-8(14)4-5-10(9)15/h2-7,13,17H,1H3. The van der Waals surface area contributed by atoms with Gasteiger partial charge in [-0.2, -0.15) is 0 Å². The van der Waals surface area contributed by atoms with E-state index < -0.39 is 6.10 Å². The monoisotopic (exact) mass is 327 g/mol. The van der Waals surface area contributed by atoms with E-state index in [9.17, 15) is 5.11 Å². The van der Waals surface area contributed by atoms with Crippen LogP contribution in [0.2, 0.25) is 5.02 Å². The van der Waals surface area contributed by atoms with E-state index in [1.54, 1.807) is 30.5 Å². The van der Waals surface area contributed by atoms with Crippen molar-refractivity contribution in [2.45, 2.75) is 6.10 Å². The predicted molar refractivity (Wildman–Crippen MR) is 74.0 cm³/mol. The Labute approximate surface area is 119 Å². The molecule has 1 N–H and O–H groups in total. The molecule has 5 heteroatoms. The molecule has 1 aromatic heterocycles. The SMILES string of the molecule is COc1cccnc1C(O)c1cc(Br)ccc1Cl. The van der Waals surface area contributed by atoms with E-state index >= 15 is 0 Å². The lowest BCUT2D eigenvalue weighted by Gasteiger charge is -2.15. The predicted octanol–water partition coefficient (Wildman–Crippen LogP) is 3.59. The maximum atomic E-state index is 10.4. The van der Waals surface area contributed by atoms with Gasteiger partial charge in [0.15, 0.2) is 0 Å². The molecule has 1 atom stereocenters. The zero-order chi connectivity index (χ0) is 13.1. The number of hydrogen-bond acceptors (Lipinski definition) is 3. The summed E-state index contributed by atoms with van der Waals surface area (Å²) >= 11 is 9.44. The van der Waals surface area contributed by atoms with Gasteiger partial charge in [-0.3, -0.25) is 4.98 Å². The molecule has 2 aromatic rings. The van der Waals surface area contributed by atoms with Crippen LogP contribution >= 0.6 is 27.5 Å². The van der Waals surface area contributed by atoms with E-state index in [2.05, 4.69) is 20.9 Å². The number of rotatable bonds is 3. The summed E-state index contributed by atoms with van der Waals surface area (Å²) in [7, 11) is 1.54. The number of hydrogen-bond donors (Lipinski definition) is 1. The second kappa shape index (κ2) is 5.69. The van der Waals surface area contributed by atoms with Crippen LogP contribution in [0.1, 0.15) is 17.4 Å². The molecule has 0 saturated heterocycles. The van der Waals surface area contributed by atoms with Gasteiger partial charge in [0, 0.05) is 21.3 Å². The van der Waals surface area contributed by atoms with E-state index in [4.69, 9.17) is 16.3 Å². The number of aliphatic hydroxyl groups is 1. The minimum atomic E-state index is -0.925. The summed E-state index contributed by atoms with van der Waals surface area (Å²) in [6, 6.07) is 8.80. The average Bonchev–Trinajstić information content (AvgIpc) is 2.40. The average molecular weight is 329 g/mol. The van der Waals surface area contributed by atoms with Crippen molar-refractivity contribution in [2.24, 2.45) is 0 Å². The first-order valence-corrected chi connectivity index (χ1v) is 6.42. The summed E-state index contributed by atoms with van der Waals surface area (Å²) in [6.07, 6.45) is 0.679. The highest BCUT2D eigenvalue weighted by Crippen LogP contribution is 2.33. The first-order valence-electron chi connectivity index (χ1n) is 5.25. The van der Waals surface area contributed by atoms with Gasteiger partial charge in [-0.15, -0.1) is 0 Å². The van der Waals surface area contributed by atoms with Gasteiger partial charge in [-0.1, -0.05) is 27.5 Å². The largest absolute Gasteiger partial charge is 0.495 e. The molecule has 18 heavy (non-hydrogen) atoms. The second-order valence-electron chi connectivity index (χ2n) is 3.66. The highest BCUT2D eigenvalue weighted by molar-refractivity contribution is 9.10. The summed E-state index contributed by atoms with van der Waals surface area (Å²) < 4.78 is 6.02. The van der Waals surface area contributed by atoms with Crippen LogP contribution in [0.15, 0.2) is 41.0 Å². The topological polar surface area (TPSA) is 42.4 Å². The zero-order valence-electron chi connectivity index (χ0n) is 9.60. The molecular weight excluding hydrogens is 318 g/mol. The van der Waals surface area contributed by atoms with Gasteiger partial charge >= 0.3 is 0 Å². The van der Waals surface area contributed by atoms with Gasteiger partial charge in [-0.25, -0.2) is 0 Å². The first-order chi connectivity index (χ1) is 8.63. The van der Waals surface area contributed by atoms with Crippen molar-refractivity contribution >= 4 is 27.5 Å². The van der Waals surface area contributed by atoms with E-state index in [0.29, 0.717) is 22.0 Å². The summed E-state index contributed by atoms with van der Waals surface area (Å²) in [5.41, 5.74) is 1.03. The molecule has 0 saturated carbocycles. The lowest BCUT2D eigenvalue weighted by Crippen LogP contribution is -2.05. The second-order valence-corrected chi connectivity index (χ2v) is 4.98. The summed E-state index contributed by atoms with van der Waals surface area (Å²) in [6.45, 7) is 0. The number of ether oxygens (including phenoxy) is 1. The highest BCUT2D eigenvalue weighted by Gasteiger charge is 2.19. The van der Waals surface area contributed by atoms with Crippen LogP contribution in [-0.2, 0) is 0 Å². The lowest BCUT2D eigenvalue weighted by atomic mass is 10.1. The molecule has 0 amide bonds. The maximum Gasteiger partial charge on any atom is 0.143 e. The number of halogens is 2. The molecule has 0 aliphatic heterocycles.